The third-order valence-corrected chi connectivity index (χ3v) is 4.10. The van der Waals surface area contributed by atoms with Crippen molar-refractivity contribution in [2.24, 2.45) is 0 Å². The van der Waals surface area contributed by atoms with Crippen LogP contribution in [0.5, 0.6) is 5.75 Å². The molecule has 0 unspecified atom stereocenters. The number of amides is 2. The number of halogens is 1. The number of hydrogen-bond acceptors (Lipinski definition) is 3. The highest BCUT2D eigenvalue weighted by Gasteiger charge is 2.24. The second-order valence-electron chi connectivity index (χ2n) is 5.79. The van der Waals surface area contributed by atoms with Crippen molar-refractivity contribution in [3.63, 3.8) is 0 Å². The number of nitrogens with zero attached hydrogens (tertiary/aromatic N) is 2. The van der Waals surface area contributed by atoms with Gasteiger partial charge in [0.1, 0.15) is 11.6 Å². The van der Waals surface area contributed by atoms with E-state index in [1.807, 2.05) is 18.2 Å². The van der Waals surface area contributed by atoms with E-state index < -0.39 is 5.82 Å². The number of piperazine rings is 1. The molecule has 0 spiro atoms. The van der Waals surface area contributed by atoms with E-state index in [0.29, 0.717) is 37.5 Å². The SMILES string of the molecule is O=C(COc1cccc(F)c1)N1CCN(C(=O)c2ccccc2)CC1. The van der Waals surface area contributed by atoms with Crippen molar-refractivity contribution in [1.29, 1.82) is 0 Å². The van der Waals surface area contributed by atoms with Gasteiger partial charge in [-0.25, -0.2) is 4.39 Å². The molecule has 1 fully saturated rings. The number of ether oxygens (including phenoxy) is 1. The van der Waals surface area contributed by atoms with Gasteiger partial charge in [0, 0.05) is 37.8 Å². The Bertz CT molecular complexity index is 743. The summed E-state index contributed by atoms with van der Waals surface area (Å²) in [6, 6.07) is 14.8. The van der Waals surface area contributed by atoms with Crippen LogP contribution in [0.3, 0.4) is 0 Å². The fourth-order valence-corrected chi connectivity index (χ4v) is 2.72. The molecule has 0 N–H and O–H groups in total. The number of rotatable bonds is 4. The summed E-state index contributed by atoms with van der Waals surface area (Å²) in [6.07, 6.45) is 0. The van der Waals surface area contributed by atoms with E-state index in [9.17, 15) is 14.0 Å². The predicted molar refractivity (Wildman–Crippen MR) is 90.8 cm³/mol. The van der Waals surface area contributed by atoms with Crippen molar-refractivity contribution in [2.75, 3.05) is 32.8 Å². The van der Waals surface area contributed by atoms with Gasteiger partial charge in [-0.15, -0.1) is 0 Å². The summed E-state index contributed by atoms with van der Waals surface area (Å²) in [6.45, 7) is 1.75. The zero-order chi connectivity index (χ0) is 17.6. The van der Waals surface area contributed by atoms with Crippen molar-refractivity contribution in [2.45, 2.75) is 0 Å². The van der Waals surface area contributed by atoms with E-state index in [1.165, 1.54) is 18.2 Å². The molecule has 0 radical (unpaired) electrons. The van der Waals surface area contributed by atoms with Crippen LogP contribution in [0, 0.1) is 5.82 Å². The first kappa shape index (κ1) is 17.0. The number of carbonyl (C=O) groups excluding carboxylic acids is 2. The Balaban J connectivity index is 1.48. The van der Waals surface area contributed by atoms with Crippen molar-refractivity contribution < 1.29 is 18.7 Å². The highest BCUT2D eigenvalue weighted by molar-refractivity contribution is 5.94. The average Bonchev–Trinajstić information content (AvgIpc) is 2.66. The molecule has 2 amide bonds. The zero-order valence-corrected chi connectivity index (χ0v) is 13.7. The van der Waals surface area contributed by atoms with Crippen LogP contribution >= 0.6 is 0 Å². The molecule has 25 heavy (non-hydrogen) atoms. The molecule has 0 bridgehead atoms. The van der Waals surface area contributed by atoms with Crippen molar-refractivity contribution in [1.82, 2.24) is 9.80 Å². The molecule has 0 saturated carbocycles. The van der Waals surface area contributed by atoms with Gasteiger partial charge in [0.2, 0.25) is 0 Å². The molecule has 6 heteroatoms. The summed E-state index contributed by atoms with van der Waals surface area (Å²) < 4.78 is 18.4. The fourth-order valence-electron chi connectivity index (χ4n) is 2.72. The van der Waals surface area contributed by atoms with Crippen LogP contribution in [0.25, 0.3) is 0 Å². The number of benzene rings is 2. The summed E-state index contributed by atoms with van der Waals surface area (Å²) >= 11 is 0. The molecule has 2 aromatic carbocycles. The largest absolute Gasteiger partial charge is 0.484 e. The van der Waals surface area contributed by atoms with E-state index in [0.717, 1.165) is 0 Å². The van der Waals surface area contributed by atoms with Crippen molar-refractivity contribution in [3.05, 3.63) is 66.0 Å². The Morgan fingerprint density at radius 1 is 0.920 bits per heavy atom. The number of carbonyl (C=O) groups is 2. The molecule has 0 atom stereocenters. The molecule has 0 aromatic heterocycles. The molecule has 1 aliphatic rings. The first-order valence-corrected chi connectivity index (χ1v) is 8.14. The fraction of sp³-hybridized carbons (Fsp3) is 0.263. The van der Waals surface area contributed by atoms with Crippen LogP contribution in [0.2, 0.25) is 0 Å². The van der Waals surface area contributed by atoms with Crippen LogP contribution in [0.4, 0.5) is 4.39 Å². The first-order chi connectivity index (χ1) is 12.1. The maximum atomic E-state index is 13.1. The number of hydrogen-bond donors (Lipinski definition) is 0. The lowest BCUT2D eigenvalue weighted by atomic mass is 10.2. The Labute approximate surface area is 145 Å². The summed E-state index contributed by atoms with van der Waals surface area (Å²) in [7, 11) is 0. The molecule has 1 aliphatic heterocycles. The molecular weight excluding hydrogens is 323 g/mol. The monoisotopic (exact) mass is 342 g/mol. The highest BCUT2D eigenvalue weighted by Crippen LogP contribution is 2.13. The minimum atomic E-state index is -0.405. The average molecular weight is 342 g/mol. The zero-order valence-electron chi connectivity index (χ0n) is 13.7. The highest BCUT2D eigenvalue weighted by atomic mass is 19.1. The van der Waals surface area contributed by atoms with E-state index in [1.54, 1.807) is 28.0 Å². The van der Waals surface area contributed by atoms with Crippen LogP contribution in [0.15, 0.2) is 54.6 Å². The molecule has 1 saturated heterocycles. The van der Waals surface area contributed by atoms with Crippen LogP contribution in [-0.2, 0) is 4.79 Å². The van der Waals surface area contributed by atoms with Gasteiger partial charge in [0.05, 0.1) is 0 Å². The van der Waals surface area contributed by atoms with E-state index in [4.69, 9.17) is 4.74 Å². The van der Waals surface area contributed by atoms with E-state index >= 15 is 0 Å². The van der Waals surface area contributed by atoms with Crippen molar-refractivity contribution >= 4 is 11.8 Å². The maximum Gasteiger partial charge on any atom is 0.260 e. The molecule has 1 heterocycles. The second kappa shape index (κ2) is 7.79. The summed E-state index contributed by atoms with van der Waals surface area (Å²) in [5.74, 6) is -0.274. The lowest BCUT2D eigenvalue weighted by Crippen LogP contribution is -2.51. The summed E-state index contributed by atoms with van der Waals surface area (Å²) in [5, 5.41) is 0. The van der Waals surface area contributed by atoms with E-state index in [-0.39, 0.29) is 18.4 Å². The normalized spacial score (nSPS) is 14.3. The molecule has 2 aromatic rings. The second-order valence-corrected chi connectivity index (χ2v) is 5.79. The first-order valence-electron chi connectivity index (χ1n) is 8.14. The van der Waals surface area contributed by atoms with Gasteiger partial charge in [-0.3, -0.25) is 9.59 Å². The third kappa shape index (κ3) is 4.35. The minimum Gasteiger partial charge on any atom is -0.484 e. The van der Waals surface area contributed by atoms with Crippen LogP contribution in [-0.4, -0.2) is 54.4 Å². The summed E-state index contributed by atoms with van der Waals surface area (Å²) in [4.78, 5) is 28.0. The topological polar surface area (TPSA) is 49.9 Å². The van der Waals surface area contributed by atoms with Crippen LogP contribution < -0.4 is 4.74 Å². The van der Waals surface area contributed by atoms with Gasteiger partial charge in [-0.05, 0) is 24.3 Å². The van der Waals surface area contributed by atoms with Gasteiger partial charge < -0.3 is 14.5 Å². The van der Waals surface area contributed by atoms with Gasteiger partial charge in [-0.1, -0.05) is 24.3 Å². The van der Waals surface area contributed by atoms with Gasteiger partial charge in [0.25, 0.3) is 11.8 Å². The molecule has 3 rings (SSSR count). The molecule has 130 valence electrons. The predicted octanol–water partition coefficient (Wildman–Crippen LogP) is 2.19. The Hall–Kier alpha value is -2.89. The Morgan fingerprint density at radius 3 is 2.28 bits per heavy atom. The standard InChI is InChI=1S/C19H19FN2O3/c20-16-7-4-8-17(13-16)25-14-18(23)21-9-11-22(12-10-21)19(24)15-5-2-1-3-6-15/h1-8,13H,9-12,14H2. The van der Waals surface area contributed by atoms with E-state index in [2.05, 4.69) is 0 Å². The van der Waals surface area contributed by atoms with Gasteiger partial charge in [0.15, 0.2) is 6.61 Å². The third-order valence-electron chi connectivity index (χ3n) is 4.10. The Kier molecular flexibility index (Phi) is 5.28. The Morgan fingerprint density at radius 2 is 1.60 bits per heavy atom. The minimum absolute atomic E-state index is 0.0243. The van der Waals surface area contributed by atoms with Gasteiger partial charge >= 0.3 is 0 Å². The van der Waals surface area contributed by atoms with Crippen LogP contribution in [0.1, 0.15) is 10.4 Å². The van der Waals surface area contributed by atoms with Gasteiger partial charge in [-0.2, -0.15) is 0 Å². The maximum absolute atomic E-state index is 13.1. The smallest absolute Gasteiger partial charge is 0.260 e. The summed E-state index contributed by atoms with van der Waals surface area (Å²) in [5.41, 5.74) is 0.650. The molecule has 5 nitrogen and oxygen atoms in total. The van der Waals surface area contributed by atoms with Crippen molar-refractivity contribution in [3.8, 4) is 5.75 Å². The quantitative estimate of drug-likeness (QED) is 0.856. The lowest BCUT2D eigenvalue weighted by Gasteiger charge is -2.34. The molecular formula is C19H19FN2O3. The molecule has 0 aliphatic carbocycles. The lowest BCUT2D eigenvalue weighted by molar-refractivity contribution is -0.134.